The Bertz CT molecular complexity index is 989. The van der Waals surface area contributed by atoms with E-state index in [0.29, 0.717) is 132 Å². The Morgan fingerprint density at radius 1 is 0.327 bits per heavy atom. The summed E-state index contributed by atoms with van der Waals surface area (Å²) in [4.78, 5) is 0.122. The number of hydrogen-bond acceptors (Lipinski definition) is 14. The van der Waals surface area contributed by atoms with Crippen LogP contribution in [0.1, 0.15) is 71.1 Å². The van der Waals surface area contributed by atoms with Gasteiger partial charge in [-0.15, -0.1) is 0 Å². The predicted molar refractivity (Wildman–Crippen MR) is 210 cm³/mol. The van der Waals surface area contributed by atoms with Crippen molar-refractivity contribution in [2.45, 2.75) is 76.0 Å². The molecule has 15 heteroatoms. The van der Waals surface area contributed by atoms with Crippen LogP contribution in [-0.4, -0.2) is 160 Å². The number of benzene rings is 1. The molecule has 0 heterocycles. The van der Waals surface area contributed by atoms with E-state index in [0.717, 1.165) is 13.0 Å². The molecule has 0 saturated heterocycles. The third-order valence-corrected chi connectivity index (χ3v) is 9.19. The molecule has 14 nitrogen and oxygen atoms in total. The van der Waals surface area contributed by atoms with Crippen LogP contribution in [0.15, 0.2) is 35.2 Å². The fourth-order valence-corrected chi connectivity index (χ4v) is 5.76. The molecule has 0 N–H and O–H groups in total. The summed E-state index contributed by atoms with van der Waals surface area (Å²) in [6, 6.07) is 7.99. The Balaban J connectivity index is 1.63. The van der Waals surface area contributed by atoms with Gasteiger partial charge >= 0.3 is 0 Å². The molecule has 55 heavy (non-hydrogen) atoms. The molecule has 0 radical (unpaired) electrons. The van der Waals surface area contributed by atoms with Gasteiger partial charge in [-0.3, -0.25) is 4.18 Å². The first-order valence-corrected chi connectivity index (χ1v) is 21.9. The quantitative estimate of drug-likeness (QED) is 0.0604. The molecule has 0 saturated carbocycles. The maximum Gasteiger partial charge on any atom is 0.297 e. The van der Waals surface area contributed by atoms with Gasteiger partial charge < -0.3 is 52.1 Å². The third-order valence-electron chi connectivity index (χ3n) is 7.86. The van der Waals surface area contributed by atoms with Gasteiger partial charge in [-0.1, -0.05) is 82.9 Å². The van der Waals surface area contributed by atoms with Crippen molar-refractivity contribution >= 4 is 10.1 Å². The largest absolute Gasteiger partial charge is 0.379 e. The number of hydrogen-bond donors (Lipinski definition) is 0. The fraction of sp³-hybridized carbons (Fsp3) is 0.850. The summed E-state index contributed by atoms with van der Waals surface area (Å²) in [6.07, 6.45) is 13.4. The number of ether oxygens (including phenoxy) is 11. The maximum atomic E-state index is 12.0. The van der Waals surface area contributed by atoms with E-state index in [4.69, 9.17) is 56.3 Å². The Kier molecular flexibility index (Phi) is 39.8. The Morgan fingerprint density at radius 2 is 0.582 bits per heavy atom. The van der Waals surface area contributed by atoms with Gasteiger partial charge in [0.15, 0.2) is 0 Å². The molecule has 0 fully saturated rings. The van der Waals surface area contributed by atoms with Crippen LogP contribution < -0.4 is 0 Å². The average molecular weight is 811 g/mol. The van der Waals surface area contributed by atoms with Crippen LogP contribution in [0.3, 0.4) is 0 Å². The van der Waals surface area contributed by atoms with E-state index in [9.17, 15) is 8.42 Å². The summed E-state index contributed by atoms with van der Waals surface area (Å²) in [5.74, 6) is 0. The first-order chi connectivity index (χ1) is 27.2. The van der Waals surface area contributed by atoms with Crippen LogP contribution in [0.4, 0.5) is 0 Å². The molecule has 0 aliphatic heterocycles. The lowest BCUT2D eigenvalue weighted by molar-refractivity contribution is -0.0277. The summed E-state index contributed by atoms with van der Waals surface area (Å²) in [7, 11) is -3.76. The second kappa shape index (κ2) is 42.3. The number of unbranched alkanes of at least 4 members (excludes halogenated alkanes) is 9. The molecular formula is C40H74O14S. The Labute approximate surface area is 332 Å². The average Bonchev–Trinajstić information content (AvgIpc) is 3.20. The molecule has 0 aromatic heterocycles. The topological polar surface area (TPSA) is 145 Å². The van der Waals surface area contributed by atoms with Gasteiger partial charge in [0.2, 0.25) is 0 Å². The summed E-state index contributed by atoms with van der Waals surface area (Å²) in [6.45, 7) is 13.0. The Morgan fingerprint density at radius 3 is 0.891 bits per heavy atom. The molecule has 0 bridgehead atoms. The highest BCUT2D eigenvalue weighted by molar-refractivity contribution is 7.86. The van der Waals surface area contributed by atoms with Crippen molar-refractivity contribution in [1.82, 2.24) is 0 Å². The first kappa shape index (κ1) is 51.7. The molecule has 0 aliphatic carbocycles. The van der Waals surface area contributed by atoms with E-state index in [1.165, 1.54) is 69.9 Å². The molecule has 0 atom stereocenters. The minimum atomic E-state index is -3.76. The van der Waals surface area contributed by atoms with Gasteiger partial charge in [0.25, 0.3) is 10.1 Å². The normalized spacial score (nSPS) is 11.9. The minimum Gasteiger partial charge on any atom is -0.379 e. The zero-order valence-electron chi connectivity index (χ0n) is 33.8. The molecule has 1 aromatic rings. The van der Waals surface area contributed by atoms with Crippen molar-refractivity contribution in [3.63, 3.8) is 0 Å². The molecule has 0 unspecified atom stereocenters. The van der Waals surface area contributed by atoms with Crippen LogP contribution in [0.2, 0.25) is 0 Å². The second-order valence-electron chi connectivity index (χ2n) is 12.5. The van der Waals surface area contributed by atoms with Crippen molar-refractivity contribution in [2.24, 2.45) is 0 Å². The van der Waals surface area contributed by atoms with Gasteiger partial charge in [-0.2, -0.15) is 8.42 Å². The van der Waals surface area contributed by atoms with E-state index < -0.39 is 10.1 Å². The lowest BCUT2D eigenvalue weighted by Crippen LogP contribution is -2.16. The van der Waals surface area contributed by atoms with Gasteiger partial charge in [0, 0.05) is 6.61 Å². The fourth-order valence-electron chi connectivity index (χ4n) is 4.85. The van der Waals surface area contributed by atoms with Crippen molar-refractivity contribution in [1.29, 1.82) is 0 Å². The molecule has 324 valence electrons. The summed E-state index contributed by atoms with van der Waals surface area (Å²) < 4.78 is 89.3. The molecule has 0 spiro atoms. The van der Waals surface area contributed by atoms with Crippen molar-refractivity contribution < 1.29 is 64.7 Å². The highest BCUT2D eigenvalue weighted by Crippen LogP contribution is 2.11. The van der Waals surface area contributed by atoms with Crippen molar-refractivity contribution in [3.8, 4) is 0 Å². The Hall–Kier alpha value is -1.31. The van der Waals surface area contributed by atoms with Gasteiger partial charge in [0.05, 0.1) is 150 Å². The lowest BCUT2D eigenvalue weighted by Gasteiger charge is -2.09. The summed E-state index contributed by atoms with van der Waals surface area (Å²) >= 11 is 0. The third kappa shape index (κ3) is 38.0. The van der Waals surface area contributed by atoms with Gasteiger partial charge in [-0.05, 0) is 18.6 Å². The predicted octanol–water partition coefficient (Wildman–Crippen LogP) is 5.50. The van der Waals surface area contributed by atoms with Crippen LogP contribution in [0.25, 0.3) is 0 Å². The molecule has 0 amide bonds. The highest BCUT2D eigenvalue weighted by Gasteiger charge is 2.13. The van der Waals surface area contributed by atoms with E-state index in [1.807, 2.05) is 0 Å². The van der Waals surface area contributed by atoms with Crippen LogP contribution >= 0.6 is 0 Å². The maximum absolute atomic E-state index is 12.0. The lowest BCUT2D eigenvalue weighted by atomic mass is 10.1. The van der Waals surface area contributed by atoms with E-state index in [1.54, 1.807) is 18.2 Å². The number of rotatable bonds is 46. The molecule has 1 rings (SSSR count). The van der Waals surface area contributed by atoms with Crippen LogP contribution in [0.5, 0.6) is 0 Å². The summed E-state index contributed by atoms with van der Waals surface area (Å²) in [5, 5.41) is 0. The monoisotopic (exact) mass is 810 g/mol. The zero-order chi connectivity index (χ0) is 39.4. The second-order valence-corrected chi connectivity index (χ2v) is 14.1. The smallest absolute Gasteiger partial charge is 0.297 e. The first-order valence-electron chi connectivity index (χ1n) is 20.5. The standard InChI is InChI=1S/C40H74O14S/c1-2-3-4-5-6-7-8-9-10-14-17-43-18-19-44-20-21-45-22-23-46-24-25-47-26-27-48-28-29-49-30-31-50-32-33-51-34-35-52-36-37-53-38-39-54-55(41,42)40-15-12-11-13-16-40/h11-13,15-16H,2-10,14,17-39H2,1H3. The summed E-state index contributed by atoms with van der Waals surface area (Å²) in [5.41, 5.74) is 0. The highest BCUT2D eigenvalue weighted by atomic mass is 32.2. The van der Waals surface area contributed by atoms with E-state index in [-0.39, 0.29) is 18.1 Å². The van der Waals surface area contributed by atoms with Crippen molar-refractivity contribution in [2.75, 3.05) is 152 Å². The SMILES string of the molecule is CCCCCCCCCCCCOCCOCCOCCOCCOCCOCCOCCOCCOCCOCCOCCOS(=O)(=O)c1ccccc1. The van der Waals surface area contributed by atoms with E-state index >= 15 is 0 Å². The van der Waals surface area contributed by atoms with E-state index in [2.05, 4.69) is 6.92 Å². The van der Waals surface area contributed by atoms with Crippen LogP contribution in [-0.2, 0) is 66.4 Å². The van der Waals surface area contributed by atoms with Crippen molar-refractivity contribution in [3.05, 3.63) is 30.3 Å². The molecular weight excluding hydrogens is 736 g/mol. The van der Waals surface area contributed by atoms with Crippen LogP contribution in [0, 0.1) is 0 Å². The zero-order valence-corrected chi connectivity index (χ0v) is 34.7. The van der Waals surface area contributed by atoms with Gasteiger partial charge in [0.1, 0.15) is 0 Å². The molecule has 1 aromatic carbocycles. The minimum absolute atomic E-state index is 0.0576. The molecule has 0 aliphatic rings. The van der Waals surface area contributed by atoms with Gasteiger partial charge in [-0.25, -0.2) is 0 Å².